The molecule has 3 rings (SSSR count). The molecule has 0 radical (unpaired) electrons. The highest BCUT2D eigenvalue weighted by Crippen LogP contribution is 2.28. The first-order valence-electron chi connectivity index (χ1n) is 7.05. The van der Waals surface area contributed by atoms with Gasteiger partial charge in [-0.2, -0.15) is 0 Å². The average Bonchev–Trinajstić information content (AvgIpc) is 2.54. The molecule has 1 aromatic heterocycles. The van der Waals surface area contributed by atoms with Crippen LogP contribution >= 0.6 is 11.6 Å². The molecule has 0 bridgehead atoms. The topological polar surface area (TPSA) is 25.4 Å². The van der Waals surface area contributed by atoms with Crippen LogP contribution in [0.15, 0.2) is 30.3 Å². The van der Waals surface area contributed by atoms with E-state index in [-0.39, 0.29) is 0 Å². The molecule has 1 aliphatic rings. The lowest BCUT2D eigenvalue weighted by molar-refractivity contribution is 0.0854. The lowest BCUT2D eigenvalue weighted by Gasteiger charge is -2.33. The Hall–Kier alpha value is -1.32. The molecule has 1 fully saturated rings. The summed E-state index contributed by atoms with van der Waals surface area (Å²) in [6.45, 7) is 1.67. The Balaban J connectivity index is 2.04. The highest BCUT2D eigenvalue weighted by molar-refractivity contribution is 6.17. The molecule has 1 aromatic carbocycles. The monoisotopic (exact) mass is 290 g/mol. The van der Waals surface area contributed by atoms with Gasteiger partial charge in [-0.05, 0) is 24.3 Å². The van der Waals surface area contributed by atoms with Crippen LogP contribution in [0.25, 0.3) is 10.8 Å². The molecule has 2 aromatic rings. The van der Waals surface area contributed by atoms with E-state index >= 15 is 0 Å². The second-order valence-corrected chi connectivity index (χ2v) is 5.51. The van der Waals surface area contributed by atoms with Gasteiger partial charge in [0.15, 0.2) is 0 Å². The molecule has 0 saturated carbocycles. The van der Waals surface area contributed by atoms with E-state index in [2.05, 4.69) is 42.3 Å². The van der Waals surface area contributed by atoms with E-state index in [1.807, 2.05) is 0 Å². The zero-order valence-corrected chi connectivity index (χ0v) is 12.4. The molecule has 3 nitrogen and oxygen atoms in total. The van der Waals surface area contributed by atoms with Crippen LogP contribution in [-0.4, -0.2) is 31.3 Å². The normalized spacial score (nSPS) is 16.5. The molecule has 0 aliphatic carbocycles. The predicted molar refractivity (Wildman–Crippen MR) is 83.5 cm³/mol. The summed E-state index contributed by atoms with van der Waals surface area (Å²) >= 11 is 5.99. The summed E-state index contributed by atoms with van der Waals surface area (Å²) in [5, 5.41) is 2.39. The van der Waals surface area contributed by atoms with Crippen molar-refractivity contribution in [3.8, 4) is 0 Å². The van der Waals surface area contributed by atoms with E-state index in [0.29, 0.717) is 11.9 Å². The van der Waals surface area contributed by atoms with Gasteiger partial charge in [0.05, 0.1) is 11.6 Å². The maximum absolute atomic E-state index is 5.99. The minimum atomic E-state index is 0.444. The first-order chi connectivity index (χ1) is 9.79. The first-order valence-corrected chi connectivity index (χ1v) is 7.58. The molecule has 4 heteroatoms. The number of fused-ring (bicyclic) bond motifs is 1. The number of anilines is 1. The summed E-state index contributed by atoms with van der Waals surface area (Å²) < 4.78 is 5.45. The van der Waals surface area contributed by atoms with Crippen molar-refractivity contribution in [1.82, 2.24) is 4.98 Å². The SMILES string of the molecule is CN(c1nc(CCl)cc2ccccc12)C1CCOCC1. The summed E-state index contributed by atoms with van der Waals surface area (Å²) in [7, 11) is 2.13. The Kier molecular flexibility index (Phi) is 4.08. The fourth-order valence-corrected chi connectivity index (χ4v) is 2.95. The van der Waals surface area contributed by atoms with Crippen LogP contribution in [0.2, 0.25) is 0 Å². The highest BCUT2D eigenvalue weighted by Gasteiger charge is 2.21. The minimum Gasteiger partial charge on any atom is -0.381 e. The number of nitrogens with zero attached hydrogens (tertiary/aromatic N) is 2. The number of ether oxygens (including phenoxy) is 1. The van der Waals surface area contributed by atoms with Gasteiger partial charge in [-0.25, -0.2) is 4.98 Å². The van der Waals surface area contributed by atoms with Crippen LogP contribution in [0, 0.1) is 0 Å². The van der Waals surface area contributed by atoms with Gasteiger partial charge in [0, 0.05) is 31.7 Å². The van der Waals surface area contributed by atoms with E-state index in [9.17, 15) is 0 Å². The van der Waals surface area contributed by atoms with Crippen molar-refractivity contribution in [3.63, 3.8) is 0 Å². The number of pyridine rings is 1. The van der Waals surface area contributed by atoms with Gasteiger partial charge < -0.3 is 9.64 Å². The molecule has 1 saturated heterocycles. The van der Waals surface area contributed by atoms with Gasteiger partial charge in [-0.3, -0.25) is 0 Å². The Morgan fingerprint density at radius 1 is 1.30 bits per heavy atom. The lowest BCUT2D eigenvalue weighted by atomic mass is 10.1. The number of rotatable bonds is 3. The van der Waals surface area contributed by atoms with Gasteiger partial charge in [-0.1, -0.05) is 24.3 Å². The van der Waals surface area contributed by atoms with Gasteiger partial charge in [-0.15, -0.1) is 11.6 Å². The Morgan fingerprint density at radius 3 is 2.80 bits per heavy atom. The Labute approximate surface area is 124 Å². The van der Waals surface area contributed by atoms with Gasteiger partial charge in [0.1, 0.15) is 5.82 Å². The van der Waals surface area contributed by atoms with E-state index < -0.39 is 0 Å². The number of aromatic nitrogens is 1. The summed E-state index contributed by atoms with van der Waals surface area (Å²) in [4.78, 5) is 7.04. The molecule has 20 heavy (non-hydrogen) atoms. The maximum Gasteiger partial charge on any atom is 0.136 e. The van der Waals surface area contributed by atoms with E-state index in [4.69, 9.17) is 21.3 Å². The molecule has 0 amide bonds. The van der Waals surface area contributed by atoms with Crippen molar-refractivity contribution in [2.75, 3.05) is 25.2 Å². The molecule has 0 unspecified atom stereocenters. The van der Waals surface area contributed by atoms with Crippen molar-refractivity contribution in [2.45, 2.75) is 24.8 Å². The highest BCUT2D eigenvalue weighted by atomic mass is 35.5. The zero-order chi connectivity index (χ0) is 13.9. The van der Waals surface area contributed by atoms with E-state index in [0.717, 1.165) is 37.6 Å². The number of benzene rings is 1. The van der Waals surface area contributed by atoms with Crippen LogP contribution < -0.4 is 4.90 Å². The molecular formula is C16H19ClN2O. The second-order valence-electron chi connectivity index (χ2n) is 5.25. The van der Waals surface area contributed by atoms with Gasteiger partial charge in [0.25, 0.3) is 0 Å². The van der Waals surface area contributed by atoms with E-state index in [1.54, 1.807) is 0 Å². The third kappa shape index (κ3) is 2.60. The summed E-state index contributed by atoms with van der Waals surface area (Å²) in [6.07, 6.45) is 2.11. The molecule has 0 N–H and O–H groups in total. The largest absolute Gasteiger partial charge is 0.381 e. The first kappa shape index (κ1) is 13.7. The van der Waals surface area contributed by atoms with Crippen molar-refractivity contribution in [1.29, 1.82) is 0 Å². The zero-order valence-electron chi connectivity index (χ0n) is 11.7. The fraction of sp³-hybridized carbons (Fsp3) is 0.438. The quantitative estimate of drug-likeness (QED) is 0.808. The smallest absolute Gasteiger partial charge is 0.136 e. The third-order valence-electron chi connectivity index (χ3n) is 3.98. The third-order valence-corrected chi connectivity index (χ3v) is 4.26. The molecule has 2 heterocycles. The molecule has 0 atom stereocenters. The summed E-state index contributed by atoms with van der Waals surface area (Å²) in [6, 6.07) is 10.9. The van der Waals surface area contributed by atoms with Crippen LogP contribution in [0.4, 0.5) is 5.82 Å². The molecule has 1 aliphatic heterocycles. The summed E-state index contributed by atoms with van der Waals surface area (Å²) in [5.41, 5.74) is 0.930. The minimum absolute atomic E-state index is 0.444. The second kappa shape index (κ2) is 5.98. The van der Waals surface area contributed by atoms with Crippen molar-refractivity contribution < 1.29 is 4.74 Å². The standard InChI is InChI=1S/C16H19ClN2O/c1-19(14-6-8-20-9-7-14)16-15-5-3-2-4-12(15)10-13(11-17)18-16/h2-5,10,14H,6-9,11H2,1H3. The maximum atomic E-state index is 5.99. The van der Waals surface area contributed by atoms with Crippen molar-refractivity contribution in [3.05, 3.63) is 36.0 Å². The molecule has 0 spiro atoms. The predicted octanol–water partition coefficient (Wildman–Crippen LogP) is 3.59. The van der Waals surface area contributed by atoms with Crippen LogP contribution in [-0.2, 0) is 10.6 Å². The molecule has 106 valence electrons. The number of halogens is 1. The van der Waals surface area contributed by atoms with Crippen LogP contribution in [0.5, 0.6) is 0 Å². The Morgan fingerprint density at radius 2 is 2.05 bits per heavy atom. The summed E-state index contributed by atoms with van der Waals surface area (Å²) in [5.74, 6) is 1.48. The van der Waals surface area contributed by atoms with Crippen molar-refractivity contribution >= 4 is 28.2 Å². The van der Waals surface area contributed by atoms with E-state index in [1.165, 1.54) is 10.8 Å². The van der Waals surface area contributed by atoms with Gasteiger partial charge in [0.2, 0.25) is 0 Å². The van der Waals surface area contributed by atoms with Crippen molar-refractivity contribution in [2.24, 2.45) is 0 Å². The van der Waals surface area contributed by atoms with Gasteiger partial charge >= 0.3 is 0 Å². The van der Waals surface area contributed by atoms with Crippen LogP contribution in [0.3, 0.4) is 0 Å². The number of hydrogen-bond donors (Lipinski definition) is 0. The number of hydrogen-bond acceptors (Lipinski definition) is 3. The molecular weight excluding hydrogens is 272 g/mol. The lowest BCUT2D eigenvalue weighted by Crippen LogP contribution is -2.37. The number of alkyl halides is 1. The Bertz CT molecular complexity index is 596. The van der Waals surface area contributed by atoms with Crippen LogP contribution in [0.1, 0.15) is 18.5 Å². The average molecular weight is 291 g/mol. The fourth-order valence-electron chi connectivity index (χ4n) is 2.82.